The van der Waals surface area contributed by atoms with Crippen molar-refractivity contribution in [1.82, 2.24) is 0 Å². The Morgan fingerprint density at radius 1 is 1.33 bits per heavy atom. The van der Waals surface area contributed by atoms with Gasteiger partial charge >= 0.3 is 6.18 Å². The van der Waals surface area contributed by atoms with Crippen molar-refractivity contribution in [3.8, 4) is 0 Å². The summed E-state index contributed by atoms with van der Waals surface area (Å²) in [4.78, 5) is 0. The average molecular weight is 294 g/mol. The fourth-order valence-corrected chi connectivity index (χ4v) is 1.70. The standard InChI is InChI=1S/C8H14F3I/c1-3-4-5-7(12)6(2)8(9,10)11/h6-7H,3-5H2,1-2H3. The molecule has 0 saturated carbocycles. The summed E-state index contributed by atoms with van der Waals surface area (Å²) in [5.74, 6) is -1.18. The molecule has 0 rings (SSSR count). The number of hydrogen-bond donors (Lipinski definition) is 0. The van der Waals surface area contributed by atoms with Crippen molar-refractivity contribution < 1.29 is 13.2 Å². The molecule has 0 aromatic heterocycles. The van der Waals surface area contributed by atoms with Crippen LogP contribution in [-0.2, 0) is 0 Å². The first kappa shape index (κ1) is 12.5. The first-order valence-corrected chi connectivity index (χ1v) is 5.35. The summed E-state index contributed by atoms with van der Waals surface area (Å²) < 4.78 is 36.1. The van der Waals surface area contributed by atoms with E-state index in [-0.39, 0.29) is 3.92 Å². The van der Waals surface area contributed by atoms with Crippen LogP contribution in [-0.4, -0.2) is 10.1 Å². The molecule has 0 radical (unpaired) electrons. The van der Waals surface area contributed by atoms with Gasteiger partial charge in [0, 0.05) is 3.92 Å². The molecule has 0 bridgehead atoms. The van der Waals surface area contributed by atoms with Crippen LogP contribution in [0.15, 0.2) is 0 Å². The van der Waals surface area contributed by atoms with E-state index in [0.717, 1.165) is 12.8 Å². The SMILES string of the molecule is CCCCC(I)C(C)C(F)(F)F. The quantitative estimate of drug-likeness (QED) is 0.539. The molecule has 2 atom stereocenters. The van der Waals surface area contributed by atoms with Crippen molar-refractivity contribution in [2.24, 2.45) is 5.92 Å². The maximum Gasteiger partial charge on any atom is 0.392 e. The smallest absolute Gasteiger partial charge is 0.171 e. The van der Waals surface area contributed by atoms with Gasteiger partial charge in [0.15, 0.2) is 0 Å². The lowest BCUT2D eigenvalue weighted by Crippen LogP contribution is -2.27. The Hall–Kier alpha value is 0.520. The number of halogens is 4. The van der Waals surface area contributed by atoms with Crippen LogP contribution in [0.5, 0.6) is 0 Å². The Kier molecular flexibility index (Phi) is 5.52. The maximum atomic E-state index is 12.1. The third-order valence-corrected chi connectivity index (χ3v) is 3.59. The van der Waals surface area contributed by atoms with Crippen LogP contribution in [0.3, 0.4) is 0 Å². The summed E-state index contributed by atoms with van der Waals surface area (Å²) in [6.07, 6.45) is -1.52. The highest BCUT2D eigenvalue weighted by Crippen LogP contribution is 2.34. The fraction of sp³-hybridized carbons (Fsp3) is 1.00. The topological polar surface area (TPSA) is 0 Å². The van der Waals surface area contributed by atoms with Crippen molar-refractivity contribution in [2.75, 3.05) is 0 Å². The second-order valence-corrected chi connectivity index (χ2v) is 4.59. The molecule has 0 aliphatic rings. The van der Waals surface area contributed by atoms with E-state index in [9.17, 15) is 13.2 Å². The van der Waals surface area contributed by atoms with E-state index in [1.54, 1.807) is 0 Å². The monoisotopic (exact) mass is 294 g/mol. The lowest BCUT2D eigenvalue weighted by atomic mass is 10.0. The Balaban J connectivity index is 3.84. The number of rotatable bonds is 4. The predicted octanol–water partition coefficient (Wildman–Crippen LogP) is 4.18. The summed E-state index contributed by atoms with van der Waals surface area (Å²) in [6.45, 7) is 3.24. The zero-order chi connectivity index (χ0) is 9.78. The van der Waals surface area contributed by atoms with E-state index in [1.165, 1.54) is 6.92 Å². The van der Waals surface area contributed by atoms with Gasteiger partial charge in [0.1, 0.15) is 0 Å². The van der Waals surface area contributed by atoms with Crippen LogP contribution in [0.25, 0.3) is 0 Å². The summed E-state index contributed by atoms with van der Waals surface area (Å²) in [6, 6.07) is 0. The molecule has 12 heavy (non-hydrogen) atoms. The van der Waals surface area contributed by atoms with Gasteiger partial charge < -0.3 is 0 Å². The molecule has 2 unspecified atom stereocenters. The van der Waals surface area contributed by atoms with Gasteiger partial charge in [0.05, 0.1) is 5.92 Å². The van der Waals surface area contributed by atoms with Crippen LogP contribution in [0.2, 0.25) is 0 Å². The lowest BCUT2D eigenvalue weighted by Gasteiger charge is -2.20. The van der Waals surface area contributed by atoms with Gasteiger partial charge in [-0.05, 0) is 6.42 Å². The number of alkyl halides is 4. The zero-order valence-corrected chi connectivity index (χ0v) is 9.45. The van der Waals surface area contributed by atoms with Gasteiger partial charge in [-0.2, -0.15) is 13.2 Å². The van der Waals surface area contributed by atoms with Crippen molar-refractivity contribution in [3.63, 3.8) is 0 Å². The molecule has 74 valence electrons. The zero-order valence-electron chi connectivity index (χ0n) is 7.29. The minimum atomic E-state index is -4.03. The first-order chi connectivity index (χ1) is 5.39. The normalized spacial score (nSPS) is 17.5. The summed E-state index contributed by atoms with van der Waals surface area (Å²) >= 11 is 1.90. The van der Waals surface area contributed by atoms with Crippen molar-refractivity contribution >= 4 is 22.6 Å². The van der Waals surface area contributed by atoms with Crippen LogP contribution >= 0.6 is 22.6 Å². The molecule has 0 aliphatic heterocycles. The largest absolute Gasteiger partial charge is 0.392 e. The van der Waals surface area contributed by atoms with E-state index in [2.05, 4.69) is 0 Å². The second-order valence-electron chi connectivity index (χ2n) is 2.99. The molecule has 0 amide bonds. The van der Waals surface area contributed by atoms with E-state index < -0.39 is 12.1 Å². The molecule has 0 N–H and O–H groups in total. The van der Waals surface area contributed by atoms with Gasteiger partial charge in [0.25, 0.3) is 0 Å². The summed E-state index contributed by atoms with van der Waals surface area (Å²) in [5.41, 5.74) is 0. The van der Waals surface area contributed by atoms with Crippen LogP contribution in [0.4, 0.5) is 13.2 Å². The van der Waals surface area contributed by atoms with Crippen molar-refractivity contribution in [3.05, 3.63) is 0 Å². The van der Waals surface area contributed by atoms with Gasteiger partial charge in [-0.3, -0.25) is 0 Å². The van der Waals surface area contributed by atoms with E-state index in [4.69, 9.17) is 0 Å². The van der Waals surface area contributed by atoms with Crippen LogP contribution in [0.1, 0.15) is 33.1 Å². The van der Waals surface area contributed by atoms with E-state index in [1.807, 2.05) is 29.5 Å². The van der Waals surface area contributed by atoms with Gasteiger partial charge in [-0.1, -0.05) is 49.3 Å². The minimum absolute atomic E-state index is 0.275. The van der Waals surface area contributed by atoms with Crippen LogP contribution in [0, 0.1) is 5.92 Å². The Morgan fingerprint density at radius 2 is 1.83 bits per heavy atom. The molecule has 0 aromatic carbocycles. The molecule has 0 saturated heterocycles. The van der Waals surface area contributed by atoms with Crippen LogP contribution < -0.4 is 0 Å². The molecule has 0 spiro atoms. The van der Waals surface area contributed by atoms with Crippen molar-refractivity contribution in [2.45, 2.75) is 43.2 Å². The third-order valence-electron chi connectivity index (χ3n) is 1.89. The lowest BCUT2D eigenvalue weighted by molar-refractivity contribution is -0.168. The van der Waals surface area contributed by atoms with E-state index in [0.29, 0.717) is 6.42 Å². The maximum absolute atomic E-state index is 12.1. The average Bonchev–Trinajstić information content (AvgIpc) is 1.97. The molecule has 0 heterocycles. The first-order valence-electron chi connectivity index (χ1n) is 4.10. The molecule has 0 aromatic rings. The minimum Gasteiger partial charge on any atom is -0.171 e. The van der Waals surface area contributed by atoms with Gasteiger partial charge in [-0.25, -0.2) is 0 Å². The Morgan fingerprint density at radius 3 is 2.17 bits per heavy atom. The summed E-state index contributed by atoms with van der Waals surface area (Å²) in [5, 5.41) is 0. The molecular formula is C8H14F3I. The molecule has 0 fully saturated rings. The summed E-state index contributed by atoms with van der Waals surface area (Å²) in [7, 11) is 0. The van der Waals surface area contributed by atoms with Crippen molar-refractivity contribution in [1.29, 1.82) is 0 Å². The molecule has 0 aliphatic carbocycles. The highest BCUT2D eigenvalue weighted by atomic mass is 127. The highest BCUT2D eigenvalue weighted by Gasteiger charge is 2.39. The molecule has 0 nitrogen and oxygen atoms in total. The molecule has 4 heteroatoms. The van der Waals surface area contributed by atoms with Gasteiger partial charge in [0.2, 0.25) is 0 Å². The van der Waals surface area contributed by atoms with Gasteiger partial charge in [-0.15, -0.1) is 0 Å². The Labute approximate surface area is 85.1 Å². The fourth-order valence-electron chi connectivity index (χ4n) is 0.854. The number of hydrogen-bond acceptors (Lipinski definition) is 0. The third kappa shape index (κ3) is 4.52. The highest BCUT2D eigenvalue weighted by molar-refractivity contribution is 14.1. The molecular weight excluding hydrogens is 280 g/mol. The van der Waals surface area contributed by atoms with E-state index >= 15 is 0 Å². The Bertz CT molecular complexity index is 122. The second kappa shape index (κ2) is 5.29. The predicted molar refractivity (Wildman–Crippen MR) is 52.6 cm³/mol. The number of unbranched alkanes of at least 4 members (excludes halogenated alkanes) is 1.